The maximum Gasteiger partial charge on any atom is 0.272 e. The Morgan fingerprint density at radius 3 is 3.16 bits per heavy atom. The molecule has 1 fully saturated rings. The van der Waals surface area contributed by atoms with E-state index in [4.69, 9.17) is 0 Å². The number of carbonyl (C=O) groups excluding carboxylic acids is 1. The van der Waals surface area contributed by atoms with Crippen molar-refractivity contribution in [2.45, 2.75) is 38.3 Å². The molecule has 19 heavy (non-hydrogen) atoms. The zero-order chi connectivity index (χ0) is 13.2. The van der Waals surface area contributed by atoms with Crippen molar-refractivity contribution < 1.29 is 4.79 Å². The fourth-order valence-electron chi connectivity index (χ4n) is 2.01. The molecule has 1 amide bonds. The first kappa shape index (κ1) is 11.9. The van der Waals surface area contributed by atoms with Crippen molar-refractivity contribution in [1.29, 1.82) is 0 Å². The molecule has 1 aliphatic carbocycles. The third-order valence-corrected chi connectivity index (χ3v) is 3.15. The van der Waals surface area contributed by atoms with Gasteiger partial charge in [0.05, 0.1) is 6.54 Å². The van der Waals surface area contributed by atoms with E-state index < -0.39 is 0 Å². The normalized spacial score (nSPS) is 16.3. The molecule has 0 aliphatic heterocycles. The lowest BCUT2D eigenvalue weighted by Crippen LogP contribution is -2.36. The van der Waals surface area contributed by atoms with Crippen LogP contribution in [-0.4, -0.2) is 36.9 Å². The van der Waals surface area contributed by atoms with Crippen LogP contribution in [0.2, 0.25) is 0 Å². The van der Waals surface area contributed by atoms with Gasteiger partial charge in [0.2, 0.25) is 0 Å². The second-order valence-corrected chi connectivity index (χ2v) is 4.97. The van der Waals surface area contributed by atoms with Crippen molar-refractivity contribution in [3.63, 3.8) is 0 Å². The average Bonchev–Trinajstić information content (AvgIpc) is 2.91. The summed E-state index contributed by atoms with van der Waals surface area (Å²) in [4.78, 5) is 15.9. The lowest BCUT2D eigenvalue weighted by atomic mass is 10.2. The Hall–Kier alpha value is -2.18. The predicted molar refractivity (Wildman–Crippen MR) is 67.5 cm³/mol. The van der Waals surface area contributed by atoms with Crippen LogP contribution in [0.4, 0.5) is 0 Å². The Balaban J connectivity index is 1.57. The van der Waals surface area contributed by atoms with E-state index in [1.807, 2.05) is 13.0 Å². The first-order chi connectivity index (χ1) is 9.22. The molecule has 0 bridgehead atoms. The molecule has 1 unspecified atom stereocenters. The van der Waals surface area contributed by atoms with E-state index in [0.717, 1.165) is 5.69 Å². The van der Waals surface area contributed by atoms with Gasteiger partial charge in [-0.15, -0.1) is 0 Å². The largest absolute Gasteiger partial charge is 0.346 e. The van der Waals surface area contributed by atoms with E-state index in [2.05, 4.69) is 25.6 Å². The molecule has 2 N–H and O–H groups in total. The van der Waals surface area contributed by atoms with Crippen LogP contribution in [0.5, 0.6) is 0 Å². The fourth-order valence-corrected chi connectivity index (χ4v) is 2.01. The van der Waals surface area contributed by atoms with Crippen molar-refractivity contribution in [3.05, 3.63) is 30.1 Å². The Morgan fingerprint density at radius 2 is 2.47 bits per heavy atom. The van der Waals surface area contributed by atoms with E-state index in [-0.39, 0.29) is 11.9 Å². The van der Waals surface area contributed by atoms with Gasteiger partial charge in [0.1, 0.15) is 18.3 Å². The van der Waals surface area contributed by atoms with E-state index in [9.17, 15) is 4.79 Å². The molecule has 7 heteroatoms. The maximum atomic E-state index is 12.0. The third kappa shape index (κ3) is 2.81. The van der Waals surface area contributed by atoms with Gasteiger partial charge < -0.3 is 5.32 Å². The van der Waals surface area contributed by atoms with Gasteiger partial charge in [-0.1, -0.05) is 0 Å². The van der Waals surface area contributed by atoms with Crippen LogP contribution in [0.3, 0.4) is 0 Å². The van der Waals surface area contributed by atoms with Gasteiger partial charge in [0, 0.05) is 17.7 Å². The SMILES string of the molecule is CC(Cn1cncn1)NC(=O)c1cc(C2CC2)[nH]n1. The zero-order valence-corrected chi connectivity index (χ0v) is 10.7. The Labute approximate surface area is 110 Å². The van der Waals surface area contributed by atoms with Crippen LogP contribution in [0.25, 0.3) is 0 Å². The second-order valence-electron chi connectivity index (χ2n) is 4.97. The van der Waals surface area contributed by atoms with Crippen molar-refractivity contribution >= 4 is 5.91 Å². The quantitative estimate of drug-likeness (QED) is 0.828. The summed E-state index contributed by atoms with van der Waals surface area (Å²) in [5, 5.41) is 13.9. The molecular formula is C12H16N6O. The van der Waals surface area contributed by atoms with Gasteiger partial charge in [-0.2, -0.15) is 10.2 Å². The topological polar surface area (TPSA) is 88.5 Å². The molecule has 0 saturated heterocycles. The summed E-state index contributed by atoms with van der Waals surface area (Å²) >= 11 is 0. The summed E-state index contributed by atoms with van der Waals surface area (Å²) in [7, 11) is 0. The highest BCUT2D eigenvalue weighted by molar-refractivity contribution is 5.92. The van der Waals surface area contributed by atoms with Crippen LogP contribution in [-0.2, 0) is 6.54 Å². The van der Waals surface area contributed by atoms with Gasteiger partial charge in [-0.3, -0.25) is 14.6 Å². The van der Waals surface area contributed by atoms with Crippen molar-refractivity contribution in [2.75, 3.05) is 0 Å². The lowest BCUT2D eigenvalue weighted by molar-refractivity contribution is 0.0931. The summed E-state index contributed by atoms with van der Waals surface area (Å²) < 4.78 is 1.69. The molecule has 0 radical (unpaired) electrons. The highest BCUT2D eigenvalue weighted by Crippen LogP contribution is 2.38. The first-order valence-corrected chi connectivity index (χ1v) is 6.41. The number of nitrogens with zero attached hydrogens (tertiary/aromatic N) is 4. The molecule has 0 aromatic carbocycles. The van der Waals surface area contributed by atoms with Crippen LogP contribution in [0.1, 0.15) is 41.9 Å². The Bertz CT molecular complexity index is 557. The summed E-state index contributed by atoms with van der Waals surface area (Å²) in [5.41, 5.74) is 1.52. The van der Waals surface area contributed by atoms with Crippen LogP contribution in [0, 0.1) is 0 Å². The van der Waals surface area contributed by atoms with Gasteiger partial charge in [0.15, 0.2) is 0 Å². The molecule has 7 nitrogen and oxygen atoms in total. The minimum absolute atomic E-state index is 0.0322. The van der Waals surface area contributed by atoms with Gasteiger partial charge >= 0.3 is 0 Å². The van der Waals surface area contributed by atoms with Crippen molar-refractivity contribution in [2.24, 2.45) is 0 Å². The van der Waals surface area contributed by atoms with E-state index in [0.29, 0.717) is 18.2 Å². The molecular weight excluding hydrogens is 244 g/mol. The highest BCUT2D eigenvalue weighted by Gasteiger charge is 2.26. The monoisotopic (exact) mass is 260 g/mol. The maximum absolute atomic E-state index is 12.0. The van der Waals surface area contributed by atoms with Crippen LogP contribution < -0.4 is 5.32 Å². The second kappa shape index (κ2) is 4.83. The zero-order valence-electron chi connectivity index (χ0n) is 10.7. The molecule has 2 aromatic heterocycles. The molecule has 1 aliphatic rings. The molecule has 0 spiro atoms. The van der Waals surface area contributed by atoms with Crippen molar-refractivity contribution in [3.8, 4) is 0 Å². The van der Waals surface area contributed by atoms with Gasteiger partial charge in [0.25, 0.3) is 5.91 Å². The molecule has 2 aromatic rings. The number of hydrogen-bond acceptors (Lipinski definition) is 4. The minimum atomic E-state index is -0.157. The smallest absolute Gasteiger partial charge is 0.272 e. The fraction of sp³-hybridized carbons (Fsp3) is 0.500. The molecule has 100 valence electrons. The van der Waals surface area contributed by atoms with Crippen molar-refractivity contribution in [1.82, 2.24) is 30.3 Å². The molecule has 1 atom stereocenters. The number of H-pyrrole nitrogens is 1. The number of amides is 1. The van der Waals surface area contributed by atoms with Crippen LogP contribution in [0.15, 0.2) is 18.7 Å². The first-order valence-electron chi connectivity index (χ1n) is 6.41. The minimum Gasteiger partial charge on any atom is -0.346 e. The lowest BCUT2D eigenvalue weighted by Gasteiger charge is -2.12. The number of carbonyl (C=O) groups is 1. The number of nitrogens with one attached hydrogen (secondary N) is 2. The number of aromatic amines is 1. The number of rotatable bonds is 5. The predicted octanol–water partition coefficient (Wildman–Crippen LogP) is 0.697. The van der Waals surface area contributed by atoms with Crippen LogP contribution >= 0.6 is 0 Å². The molecule has 1 saturated carbocycles. The van der Waals surface area contributed by atoms with E-state index in [1.54, 1.807) is 11.0 Å². The molecule has 3 rings (SSSR count). The van der Waals surface area contributed by atoms with E-state index >= 15 is 0 Å². The highest BCUT2D eigenvalue weighted by atomic mass is 16.2. The van der Waals surface area contributed by atoms with Gasteiger partial charge in [-0.05, 0) is 25.8 Å². The van der Waals surface area contributed by atoms with E-state index in [1.165, 1.54) is 19.2 Å². The Kier molecular flexibility index (Phi) is 3.02. The van der Waals surface area contributed by atoms with Gasteiger partial charge in [-0.25, -0.2) is 4.98 Å². The summed E-state index contributed by atoms with van der Waals surface area (Å²) in [6, 6.07) is 1.81. The molecule has 2 heterocycles. The Morgan fingerprint density at radius 1 is 1.63 bits per heavy atom. The summed E-state index contributed by atoms with van der Waals surface area (Å²) in [6.07, 6.45) is 5.48. The average molecular weight is 260 g/mol. The third-order valence-electron chi connectivity index (χ3n) is 3.15. The summed E-state index contributed by atoms with van der Waals surface area (Å²) in [5.74, 6) is 0.414. The standard InChI is InChI=1S/C12H16N6O/c1-8(5-18-7-13-6-14-18)15-12(19)11-4-10(16-17-11)9-2-3-9/h4,6-9H,2-3,5H2,1H3,(H,15,19)(H,16,17). The summed E-state index contributed by atoms with van der Waals surface area (Å²) in [6.45, 7) is 2.51. The number of hydrogen-bond donors (Lipinski definition) is 2. The number of aromatic nitrogens is 5.